The molecule has 0 saturated heterocycles. The average molecular weight is 496 g/mol. The molecule has 0 saturated carbocycles. The van der Waals surface area contributed by atoms with Gasteiger partial charge in [-0.05, 0) is 51.6 Å². The molecule has 0 aliphatic heterocycles. The Morgan fingerprint density at radius 2 is 1.84 bits per heavy atom. The van der Waals surface area contributed by atoms with Gasteiger partial charge >= 0.3 is 0 Å². The van der Waals surface area contributed by atoms with Crippen molar-refractivity contribution < 1.29 is 4.74 Å². The van der Waals surface area contributed by atoms with Gasteiger partial charge in [0, 0.05) is 38.2 Å². The molecule has 0 aliphatic carbocycles. The van der Waals surface area contributed by atoms with Crippen LogP contribution >= 0.6 is 0 Å². The topological polar surface area (TPSA) is 102 Å². The first-order chi connectivity index (χ1) is 18.1. The van der Waals surface area contributed by atoms with Crippen molar-refractivity contribution in [3.63, 3.8) is 0 Å². The van der Waals surface area contributed by atoms with Crippen LogP contribution in [0.1, 0.15) is 34.1 Å². The monoisotopic (exact) mass is 495 g/mol. The Morgan fingerprint density at radius 3 is 2.62 bits per heavy atom. The summed E-state index contributed by atoms with van der Waals surface area (Å²) in [6, 6.07) is 21.6. The molecule has 5 rings (SSSR count). The fourth-order valence-corrected chi connectivity index (χ4v) is 4.63. The molecule has 188 valence electrons. The Labute approximate surface area is 214 Å². The molecule has 37 heavy (non-hydrogen) atoms. The van der Waals surface area contributed by atoms with Crippen LogP contribution in [0.15, 0.2) is 83.9 Å². The highest BCUT2D eigenvalue weighted by Gasteiger charge is 2.31. The molecule has 0 unspecified atom stereocenters. The minimum Gasteiger partial charge on any atom is -0.383 e. The molecular formula is C28H29N7O2. The van der Waals surface area contributed by atoms with Crippen molar-refractivity contribution in [1.82, 2.24) is 35.1 Å². The summed E-state index contributed by atoms with van der Waals surface area (Å²) in [5.41, 5.74) is 4.38. The SMILES string of the molecule is COCCn1nnnc1[C@H](c1cc2cccc(C)c2[nH]c1=O)N(Cc1ccccc1)Cc1cccnc1. The molecular weight excluding hydrogens is 466 g/mol. The number of benzene rings is 2. The Balaban J connectivity index is 1.69. The smallest absolute Gasteiger partial charge is 0.253 e. The summed E-state index contributed by atoms with van der Waals surface area (Å²) >= 11 is 0. The van der Waals surface area contributed by atoms with Crippen LogP contribution in [0.2, 0.25) is 0 Å². The van der Waals surface area contributed by atoms with E-state index in [1.54, 1.807) is 18.0 Å². The Bertz CT molecular complexity index is 1470. The Kier molecular flexibility index (Phi) is 7.43. The molecule has 2 aromatic carbocycles. The number of rotatable bonds is 10. The second-order valence-corrected chi connectivity index (χ2v) is 9.00. The zero-order valence-corrected chi connectivity index (χ0v) is 20.9. The van der Waals surface area contributed by atoms with Crippen molar-refractivity contribution >= 4 is 10.9 Å². The standard InChI is InChI=1S/C28H29N7O2/c1-20-8-6-12-23-16-24(28(36)30-25(20)23)26(27-31-32-33-35(27)14-15-37-2)34(18-21-9-4-3-5-10-21)19-22-11-7-13-29-17-22/h3-13,16-17,26H,14-15,18-19H2,1-2H3,(H,30,36)/t26-/m0/s1. The molecule has 1 atom stereocenters. The fraction of sp³-hybridized carbons (Fsp3) is 0.250. The number of nitrogens with zero attached hydrogens (tertiary/aromatic N) is 6. The third-order valence-electron chi connectivity index (χ3n) is 6.42. The maximum atomic E-state index is 13.7. The Hall–Kier alpha value is -4.21. The van der Waals surface area contributed by atoms with E-state index in [9.17, 15) is 4.79 Å². The summed E-state index contributed by atoms with van der Waals surface area (Å²) in [5.74, 6) is 0.578. The zero-order valence-electron chi connectivity index (χ0n) is 20.9. The van der Waals surface area contributed by atoms with E-state index in [1.165, 1.54) is 0 Å². The van der Waals surface area contributed by atoms with Crippen LogP contribution in [0, 0.1) is 6.92 Å². The van der Waals surface area contributed by atoms with Crippen LogP contribution in [0.4, 0.5) is 0 Å². The predicted molar refractivity (Wildman–Crippen MR) is 141 cm³/mol. The summed E-state index contributed by atoms with van der Waals surface area (Å²) in [4.78, 5) is 23.3. The summed E-state index contributed by atoms with van der Waals surface area (Å²) in [6.45, 7) is 4.01. The molecule has 5 aromatic rings. The lowest BCUT2D eigenvalue weighted by atomic mass is 10.0. The van der Waals surface area contributed by atoms with Crippen molar-refractivity contribution in [2.45, 2.75) is 32.6 Å². The van der Waals surface area contributed by atoms with E-state index < -0.39 is 6.04 Å². The zero-order chi connectivity index (χ0) is 25.6. The number of H-pyrrole nitrogens is 1. The molecule has 3 aromatic heterocycles. The van der Waals surface area contributed by atoms with Crippen molar-refractivity contribution in [3.8, 4) is 0 Å². The van der Waals surface area contributed by atoms with Crippen LogP contribution < -0.4 is 5.56 Å². The quantitative estimate of drug-likeness (QED) is 0.315. The van der Waals surface area contributed by atoms with Gasteiger partial charge in [-0.25, -0.2) is 4.68 Å². The largest absolute Gasteiger partial charge is 0.383 e. The minimum absolute atomic E-state index is 0.169. The van der Waals surface area contributed by atoms with E-state index in [0.29, 0.717) is 37.6 Å². The summed E-state index contributed by atoms with van der Waals surface area (Å²) < 4.78 is 7.01. The van der Waals surface area contributed by atoms with E-state index in [4.69, 9.17) is 4.74 Å². The molecule has 0 spiro atoms. The first kappa shape index (κ1) is 24.5. The second kappa shape index (κ2) is 11.2. The maximum Gasteiger partial charge on any atom is 0.253 e. The molecule has 0 radical (unpaired) electrons. The molecule has 0 fully saturated rings. The van der Waals surface area contributed by atoms with Crippen LogP contribution in [-0.2, 0) is 24.4 Å². The molecule has 0 bridgehead atoms. The van der Waals surface area contributed by atoms with Gasteiger partial charge in [0.25, 0.3) is 5.56 Å². The molecule has 9 nitrogen and oxygen atoms in total. The van der Waals surface area contributed by atoms with Gasteiger partial charge in [-0.2, -0.15) is 0 Å². The Morgan fingerprint density at radius 1 is 1.03 bits per heavy atom. The number of aromatic amines is 1. The van der Waals surface area contributed by atoms with Crippen molar-refractivity contribution in [2.24, 2.45) is 0 Å². The predicted octanol–water partition coefficient (Wildman–Crippen LogP) is 3.66. The van der Waals surface area contributed by atoms with Gasteiger partial charge in [0.2, 0.25) is 0 Å². The number of hydrogen-bond donors (Lipinski definition) is 1. The van der Waals surface area contributed by atoms with Gasteiger partial charge in [0.15, 0.2) is 5.82 Å². The number of nitrogens with one attached hydrogen (secondary N) is 1. The number of aromatic nitrogens is 6. The number of pyridine rings is 2. The highest BCUT2D eigenvalue weighted by Crippen LogP contribution is 2.30. The van der Waals surface area contributed by atoms with Crippen molar-refractivity contribution in [3.05, 3.63) is 118 Å². The third kappa shape index (κ3) is 5.47. The lowest BCUT2D eigenvalue weighted by molar-refractivity contribution is 0.169. The van der Waals surface area contributed by atoms with Crippen LogP contribution in [0.5, 0.6) is 0 Å². The van der Waals surface area contributed by atoms with E-state index >= 15 is 0 Å². The number of ether oxygens (including phenoxy) is 1. The highest BCUT2D eigenvalue weighted by atomic mass is 16.5. The van der Waals surface area contributed by atoms with Gasteiger partial charge in [-0.3, -0.25) is 14.7 Å². The number of para-hydroxylation sites is 1. The minimum atomic E-state index is -0.527. The highest BCUT2D eigenvalue weighted by molar-refractivity contribution is 5.82. The first-order valence-electron chi connectivity index (χ1n) is 12.2. The average Bonchev–Trinajstić information content (AvgIpc) is 3.38. The third-order valence-corrected chi connectivity index (χ3v) is 6.42. The number of fused-ring (bicyclic) bond motifs is 1. The van der Waals surface area contributed by atoms with Gasteiger partial charge in [-0.1, -0.05) is 54.6 Å². The van der Waals surface area contributed by atoms with Crippen LogP contribution in [0.25, 0.3) is 10.9 Å². The van der Waals surface area contributed by atoms with E-state index in [1.807, 2.05) is 67.7 Å². The van der Waals surface area contributed by atoms with Crippen molar-refractivity contribution in [1.29, 1.82) is 0 Å². The molecule has 9 heteroatoms. The summed E-state index contributed by atoms with van der Waals surface area (Å²) in [6.07, 6.45) is 3.60. The first-order valence-corrected chi connectivity index (χ1v) is 12.2. The normalized spacial score (nSPS) is 12.3. The number of aryl methyl sites for hydroxylation is 1. The molecule has 3 heterocycles. The van der Waals surface area contributed by atoms with E-state index in [-0.39, 0.29) is 5.56 Å². The lowest BCUT2D eigenvalue weighted by Gasteiger charge is -2.31. The maximum absolute atomic E-state index is 13.7. The lowest BCUT2D eigenvalue weighted by Crippen LogP contribution is -2.35. The van der Waals surface area contributed by atoms with E-state index in [2.05, 4.69) is 42.5 Å². The number of methoxy groups -OCH3 is 1. The second-order valence-electron chi connectivity index (χ2n) is 9.00. The van der Waals surface area contributed by atoms with Gasteiger partial charge < -0.3 is 9.72 Å². The molecule has 0 amide bonds. The van der Waals surface area contributed by atoms with Crippen molar-refractivity contribution in [2.75, 3.05) is 13.7 Å². The number of tetrazole rings is 1. The van der Waals surface area contributed by atoms with E-state index in [0.717, 1.165) is 27.6 Å². The van der Waals surface area contributed by atoms with Crippen LogP contribution in [-0.4, -0.2) is 48.8 Å². The summed E-state index contributed by atoms with van der Waals surface area (Å²) in [5, 5.41) is 13.6. The van der Waals surface area contributed by atoms with Gasteiger partial charge in [0.1, 0.15) is 6.04 Å². The fourth-order valence-electron chi connectivity index (χ4n) is 4.63. The number of hydrogen-bond acceptors (Lipinski definition) is 7. The molecule has 1 N–H and O–H groups in total. The molecule has 0 aliphatic rings. The summed E-state index contributed by atoms with van der Waals surface area (Å²) in [7, 11) is 1.64. The van der Waals surface area contributed by atoms with Crippen LogP contribution in [0.3, 0.4) is 0 Å². The van der Waals surface area contributed by atoms with Gasteiger partial charge in [0.05, 0.1) is 18.7 Å². The van der Waals surface area contributed by atoms with Gasteiger partial charge in [-0.15, -0.1) is 5.10 Å².